The van der Waals surface area contributed by atoms with Crippen LogP contribution >= 0.6 is 11.6 Å². The summed E-state index contributed by atoms with van der Waals surface area (Å²) in [5, 5.41) is 4.50. The molecule has 1 saturated carbocycles. The molecule has 1 aliphatic carbocycles. The first-order chi connectivity index (χ1) is 15.6. The van der Waals surface area contributed by atoms with Crippen molar-refractivity contribution in [2.24, 2.45) is 0 Å². The van der Waals surface area contributed by atoms with E-state index < -0.39 is 0 Å². The van der Waals surface area contributed by atoms with Gasteiger partial charge in [-0.2, -0.15) is 0 Å². The molecule has 4 rings (SSSR count). The summed E-state index contributed by atoms with van der Waals surface area (Å²) in [5.41, 5.74) is 1.56. The highest BCUT2D eigenvalue weighted by Crippen LogP contribution is 2.40. The third kappa shape index (κ3) is 5.47. The van der Waals surface area contributed by atoms with Gasteiger partial charge in [0, 0.05) is 48.6 Å². The monoisotopic (exact) mass is 454 g/mol. The molecular formula is C24H27ClN4O3. The maximum absolute atomic E-state index is 12.6. The van der Waals surface area contributed by atoms with Gasteiger partial charge in [0.2, 0.25) is 5.91 Å². The fourth-order valence-electron chi connectivity index (χ4n) is 3.53. The molecular weight excluding hydrogens is 428 g/mol. The number of fused-ring (bicyclic) bond motifs is 1. The topological polar surface area (TPSA) is 76.6 Å². The third-order valence-electron chi connectivity index (χ3n) is 5.45. The molecule has 0 bridgehead atoms. The van der Waals surface area contributed by atoms with E-state index in [0.717, 1.165) is 46.8 Å². The number of anilines is 2. The molecule has 1 heterocycles. The summed E-state index contributed by atoms with van der Waals surface area (Å²) in [6, 6.07) is 12.9. The molecule has 2 aromatic carbocycles. The number of carbonyl (C=O) groups excluding carboxylic acids is 1. The quantitative estimate of drug-likeness (QED) is 0.480. The van der Waals surface area contributed by atoms with Gasteiger partial charge in [-0.1, -0.05) is 11.6 Å². The van der Waals surface area contributed by atoms with E-state index in [1.165, 1.54) is 0 Å². The van der Waals surface area contributed by atoms with Crippen LogP contribution in [0, 0.1) is 0 Å². The summed E-state index contributed by atoms with van der Waals surface area (Å²) in [6.07, 6.45) is 2.52. The zero-order chi connectivity index (χ0) is 22.5. The Morgan fingerprint density at radius 1 is 1.12 bits per heavy atom. The number of rotatable bonds is 10. The van der Waals surface area contributed by atoms with Crippen LogP contribution in [0.2, 0.25) is 5.02 Å². The van der Waals surface area contributed by atoms with E-state index in [1.807, 2.05) is 42.5 Å². The average Bonchev–Trinajstić information content (AvgIpc) is 3.64. The maximum Gasteiger partial charge on any atom is 0.226 e. The molecule has 0 atom stereocenters. The number of amides is 1. The number of nitrogens with one attached hydrogen (secondary N) is 1. The molecule has 1 fully saturated rings. The predicted molar refractivity (Wildman–Crippen MR) is 127 cm³/mol. The Kier molecular flexibility index (Phi) is 7.07. The van der Waals surface area contributed by atoms with E-state index in [0.29, 0.717) is 37.1 Å². The summed E-state index contributed by atoms with van der Waals surface area (Å²) in [7, 11) is 3.28. The molecule has 3 aromatic rings. The smallest absolute Gasteiger partial charge is 0.226 e. The Morgan fingerprint density at radius 2 is 1.91 bits per heavy atom. The van der Waals surface area contributed by atoms with Crippen molar-refractivity contribution in [2.75, 3.05) is 44.1 Å². The minimum absolute atomic E-state index is 0.0681. The highest BCUT2D eigenvalue weighted by atomic mass is 35.5. The molecule has 1 aliphatic rings. The van der Waals surface area contributed by atoms with Crippen LogP contribution in [0.15, 0.2) is 42.5 Å². The summed E-state index contributed by atoms with van der Waals surface area (Å²) in [6.45, 7) is 1.65. The van der Waals surface area contributed by atoms with Crippen LogP contribution in [-0.2, 0) is 9.53 Å². The molecule has 1 amide bonds. The minimum Gasteiger partial charge on any atom is -0.497 e. The number of hydrogen-bond acceptors (Lipinski definition) is 6. The van der Waals surface area contributed by atoms with Gasteiger partial charge in [-0.15, -0.1) is 0 Å². The van der Waals surface area contributed by atoms with Crippen LogP contribution in [0.3, 0.4) is 0 Å². The highest BCUT2D eigenvalue weighted by Gasteiger charge is 2.28. The minimum atomic E-state index is -0.0681. The first kappa shape index (κ1) is 22.3. The molecule has 168 valence electrons. The van der Waals surface area contributed by atoms with Gasteiger partial charge in [-0.3, -0.25) is 4.79 Å². The Morgan fingerprint density at radius 3 is 2.59 bits per heavy atom. The summed E-state index contributed by atoms with van der Waals surface area (Å²) < 4.78 is 10.5. The van der Waals surface area contributed by atoms with Crippen LogP contribution in [0.25, 0.3) is 10.9 Å². The lowest BCUT2D eigenvalue weighted by molar-refractivity contribution is -0.116. The normalized spacial score (nSPS) is 13.2. The van der Waals surface area contributed by atoms with Gasteiger partial charge < -0.3 is 19.7 Å². The van der Waals surface area contributed by atoms with E-state index in [-0.39, 0.29) is 5.91 Å². The van der Waals surface area contributed by atoms with E-state index in [1.54, 1.807) is 14.2 Å². The number of hydrogen-bond donors (Lipinski definition) is 1. The fourth-order valence-corrected chi connectivity index (χ4v) is 3.69. The SMILES string of the molecule is COCCN(CCC(=O)Nc1ccc(OC)cc1)c1nc(C2CC2)nc2cc(Cl)ccc12. The molecule has 0 radical (unpaired) electrons. The second-order valence-electron chi connectivity index (χ2n) is 7.85. The molecule has 0 unspecified atom stereocenters. The number of halogens is 1. The highest BCUT2D eigenvalue weighted by molar-refractivity contribution is 6.31. The van der Waals surface area contributed by atoms with Gasteiger partial charge in [0.15, 0.2) is 0 Å². The third-order valence-corrected chi connectivity index (χ3v) is 5.68. The van der Waals surface area contributed by atoms with E-state index in [2.05, 4.69) is 10.2 Å². The molecule has 1 aromatic heterocycles. The van der Waals surface area contributed by atoms with Gasteiger partial charge in [-0.25, -0.2) is 9.97 Å². The zero-order valence-electron chi connectivity index (χ0n) is 18.3. The molecule has 7 nitrogen and oxygen atoms in total. The molecule has 0 spiro atoms. The number of ether oxygens (including phenoxy) is 2. The fraction of sp³-hybridized carbons (Fsp3) is 0.375. The largest absolute Gasteiger partial charge is 0.497 e. The van der Waals surface area contributed by atoms with Crippen LogP contribution in [0.4, 0.5) is 11.5 Å². The van der Waals surface area contributed by atoms with Gasteiger partial charge in [0.25, 0.3) is 0 Å². The van der Waals surface area contributed by atoms with Crippen molar-refractivity contribution in [3.8, 4) is 5.75 Å². The Labute approximate surface area is 192 Å². The van der Waals surface area contributed by atoms with Gasteiger partial charge in [0.1, 0.15) is 17.4 Å². The Bertz CT molecular complexity index is 1090. The van der Waals surface area contributed by atoms with E-state index in [9.17, 15) is 4.79 Å². The van der Waals surface area contributed by atoms with Crippen LogP contribution < -0.4 is 15.0 Å². The molecule has 8 heteroatoms. The van der Waals surface area contributed by atoms with Crippen LogP contribution in [-0.4, -0.2) is 49.8 Å². The Balaban J connectivity index is 1.54. The number of aromatic nitrogens is 2. The number of carbonyl (C=O) groups is 1. The standard InChI is InChI=1S/C24H27ClN4O3/c1-31-14-13-29(12-11-22(30)26-18-6-8-19(32-2)9-7-18)24-20-10-5-17(25)15-21(20)27-23(28-24)16-3-4-16/h5-10,15-16H,3-4,11-14H2,1-2H3,(H,26,30). The van der Waals surface area contributed by atoms with Crippen molar-refractivity contribution in [3.63, 3.8) is 0 Å². The Hall–Kier alpha value is -2.90. The first-order valence-corrected chi connectivity index (χ1v) is 11.1. The molecule has 1 N–H and O–H groups in total. The van der Waals surface area contributed by atoms with Crippen molar-refractivity contribution < 1.29 is 14.3 Å². The van der Waals surface area contributed by atoms with Crippen molar-refractivity contribution >= 4 is 39.9 Å². The lowest BCUT2D eigenvalue weighted by atomic mass is 10.2. The number of nitrogens with zero attached hydrogens (tertiary/aromatic N) is 3. The van der Waals surface area contributed by atoms with Gasteiger partial charge in [0.05, 0.1) is 19.2 Å². The van der Waals surface area contributed by atoms with Crippen molar-refractivity contribution in [3.05, 3.63) is 53.3 Å². The summed E-state index contributed by atoms with van der Waals surface area (Å²) in [4.78, 5) is 24.4. The zero-order valence-corrected chi connectivity index (χ0v) is 19.1. The van der Waals surface area contributed by atoms with E-state index >= 15 is 0 Å². The predicted octanol–water partition coefficient (Wildman–Crippen LogP) is 4.65. The number of methoxy groups -OCH3 is 2. The van der Waals surface area contributed by atoms with E-state index in [4.69, 9.17) is 31.0 Å². The van der Waals surface area contributed by atoms with Crippen molar-refractivity contribution in [1.29, 1.82) is 0 Å². The molecule has 0 saturated heterocycles. The van der Waals surface area contributed by atoms with Gasteiger partial charge in [-0.05, 0) is 55.3 Å². The van der Waals surface area contributed by atoms with Crippen LogP contribution in [0.5, 0.6) is 5.75 Å². The average molecular weight is 455 g/mol. The van der Waals surface area contributed by atoms with Crippen LogP contribution in [0.1, 0.15) is 31.0 Å². The number of benzene rings is 2. The first-order valence-electron chi connectivity index (χ1n) is 10.7. The summed E-state index contributed by atoms with van der Waals surface area (Å²) in [5.74, 6) is 2.75. The van der Waals surface area contributed by atoms with Crippen molar-refractivity contribution in [1.82, 2.24) is 9.97 Å². The lowest BCUT2D eigenvalue weighted by Gasteiger charge is -2.25. The van der Waals surface area contributed by atoms with Crippen molar-refractivity contribution in [2.45, 2.75) is 25.2 Å². The second kappa shape index (κ2) is 10.1. The lowest BCUT2D eigenvalue weighted by Crippen LogP contribution is -2.32. The molecule has 32 heavy (non-hydrogen) atoms. The molecule has 0 aliphatic heterocycles. The van der Waals surface area contributed by atoms with Gasteiger partial charge >= 0.3 is 0 Å². The summed E-state index contributed by atoms with van der Waals surface area (Å²) >= 11 is 6.23. The maximum atomic E-state index is 12.6. The second-order valence-corrected chi connectivity index (χ2v) is 8.28.